The Morgan fingerprint density at radius 1 is 1.20 bits per heavy atom. The summed E-state index contributed by atoms with van der Waals surface area (Å²) < 4.78 is 5.14. The molecule has 0 saturated carbocycles. The van der Waals surface area contributed by atoms with Crippen LogP contribution in [0.15, 0.2) is 41.8 Å². The van der Waals surface area contributed by atoms with Crippen LogP contribution in [-0.4, -0.2) is 29.5 Å². The van der Waals surface area contributed by atoms with Crippen molar-refractivity contribution in [2.45, 2.75) is 25.7 Å². The molecule has 0 fully saturated rings. The van der Waals surface area contributed by atoms with E-state index in [2.05, 4.69) is 5.32 Å². The predicted octanol–water partition coefficient (Wildman–Crippen LogP) is 3.75. The molecule has 0 radical (unpaired) electrons. The number of Topliss-reactive ketones (excluding diaryl/α,β-unsaturated/α-hetero) is 1. The fourth-order valence-corrected chi connectivity index (χ4v) is 3.59. The zero-order valence-corrected chi connectivity index (χ0v) is 15.6. The number of carbonyl (C=O) groups is 3. The molecule has 0 aliphatic heterocycles. The lowest BCUT2D eigenvalue weighted by Crippen LogP contribution is -2.30. The standard InChI is InChI=1S/C18H19NO4S2/c1-12(20)14-5-7-15(8-6-14)19-18(22)13(2)23-17(21)11-24-10-16-4-3-9-25-16/h3-9,13H,10-11H2,1-2H3,(H,19,22)/t13-/m0/s1. The summed E-state index contributed by atoms with van der Waals surface area (Å²) in [6, 6.07) is 10.5. The van der Waals surface area contributed by atoms with E-state index >= 15 is 0 Å². The fraction of sp³-hybridized carbons (Fsp3) is 0.278. The topological polar surface area (TPSA) is 72.5 Å². The van der Waals surface area contributed by atoms with Gasteiger partial charge in [-0.15, -0.1) is 23.1 Å². The Balaban J connectivity index is 1.75. The van der Waals surface area contributed by atoms with Crippen LogP contribution in [0.2, 0.25) is 0 Å². The van der Waals surface area contributed by atoms with E-state index in [1.54, 1.807) is 35.6 Å². The summed E-state index contributed by atoms with van der Waals surface area (Å²) in [5.74, 6) is 0.0714. The van der Waals surface area contributed by atoms with Crippen molar-refractivity contribution in [2.75, 3.05) is 11.1 Å². The molecule has 0 aliphatic carbocycles. The summed E-state index contributed by atoms with van der Waals surface area (Å²) in [7, 11) is 0. The molecule has 2 aromatic rings. The second kappa shape index (κ2) is 9.39. The molecule has 5 nitrogen and oxygen atoms in total. The number of benzene rings is 1. The number of carbonyl (C=O) groups excluding carboxylic acids is 3. The van der Waals surface area contributed by atoms with Crippen molar-refractivity contribution in [3.8, 4) is 0 Å². The van der Waals surface area contributed by atoms with Gasteiger partial charge in [0.15, 0.2) is 11.9 Å². The average Bonchev–Trinajstić information content (AvgIpc) is 3.08. The Hall–Kier alpha value is -2.12. The van der Waals surface area contributed by atoms with Gasteiger partial charge in [-0.1, -0.05) is 6.07 Å². The van der Waals surface area contributed by atoms with E-state index in [1.807, 2.05) is 17.5 Å². The maximum Gasteiger partial charge on any atom is 0.316 e. The van der Waals surface area contributed by atoms with E-state index in [9.17, 15) is 14.4 Å². The van der Waals surface area contributed by atoms with Crippen molar-refractivity contribution < 1.29 is 19.1 Å². The summed E-state index contributed by atoms with van der Waals surface area (Å²) >= 11 is 3.09. The molecule has 0 aliphatic rings. The first kappa shape index (κ1) is 19.2. The van der Waals surface area contributed by atoms with Gasteiger partial charge in [0.25, 0.3) is 5.91 Å². The van der Waals surface area contributed by atoms with Gasteiger partial charge >= 0.3 is 5.97 Å². The highest BCUT2D eigenvalue weighted by molar-refractivity contribution is 7.99. The van der Waals surface area contributed by atoms with Gasteiger partial charge in [0, 0.05) is 21.9 Å². The zero-order chi connectivity index (χ0) is 18.2. The summed E-state index contributed by atoms with van der Waals surface area (Å²) in [6.07, 6.45) is -0.887. The minimum absolute atomic E-state index is 0.0415. The van der Waals surface area contributed by atoms with Crippen LogP contribution in [0.1, 0.15) is 29.1 Å². The first-order valence-corrected chi connectivity index (χ1v) is 9.70. The Labute approximate surface area is 154 Å². The molecule has 0 spiro atoms. The van der Waals surface area contributed by atoms with Crippen LogP contribution in [0, 0.1) is 0 Å². The Kier molecular flexibility index (Phi) is 7.21. The predicted molar refractivity (Wildman–Crippen MR) is 101 cm³/mol. The van der Waals surface area contributed by atoms with Gasteiger partial charge in [-0.25, -0.2) is 0 Å². The van der Waals surface area contributed by atoms with Gasteiger partial charge in [-0.05, 0) is 49.6 Å². The normalized spacial score (nSPS) is 11.6. The third-order valence-electron chi connectivity index (χ3n) is 3.28. The monoisotopic (exact) mass is 377 g/mol. The lowest BCUT2D eigenvalue weighted by molar-refractivity contribution is -0.150. The van der Waals surface area contributed by atoms with Crippen molar-refractivity contribution in [2.24, 2.45) is 0 Å². The van der Waals surface area contributed by atoms with Gasteiger partial charge in [-0.2, -0.15) is 0 Å². The van der Waals surface area contributed by atoms with Crippen LogP contribution in [0.3, 0.4) is 0 Å². The summed E-state index contributed by atoms with van der Waals surface area (Å²) in [5.41, 5.74) is 1.12. The van der Waals surface area contributed by atoms with E-state index < -0.39 is 18.0 Å². The third kappa shape index (κ3) is 6.36. The average molecular weight is 377 g/mol. The minimum Gasteiger partial charge on any atom is -0.452 e. The first-order valence-electron chi connectivity index (χ1n) is 7.67. The minimum atomic E-state index is -0.887. The van der Waals surface area contributed by atoms with Crippen molar-refractivity contribution in [3.05, 3.63) is 52.2 Å². The number of nitrogens with one attached hydrogen (secondary N) is 1. The smallest absolute Gasteiger partial charge is 0.316 e. The molecular weight excluding hydrogens is 358 g/mol. The van der Waals surface area contributed by atoms with Crippen LogP contribution in [0.5, 0.6) is 0 Å². The number of ether oxygens (including phenoxy) is 1. The number of thioether (sulfide) groups is 1. The quantitative estimate of drug-likeness (QED) is 0.560. The first-order chi connectivity index (χ1) is 12.0. The number of hydrogen-bond acceptors (Lipinski definition) is 6. The number of esters is 1. The Morgan fingerprint density at radius 3 is 2.52 bits per heavy atom. The highest BCUT2D eigenvalue weighted by Gasteiger charge is 2.18. The molecular formula is C18H19NO4S2. The van der Waals surface area contributed by atoms with Crippen molar-refractivity contribution >= 4 is 46.4 Å². The molecule has 7 heteroatoms. The van der Waals surface area contributed by atoms with Gasteiger partial charge in [0.05, 0.1) is 5.75 Å². The van der Waals surface area contributed by atoms with Gasteiger partial charge in [-0.3, -0.25) is 14.4 Å². The van der Waals surface area contributed by atoms with Crippen LogP contribution < -0.4 is 5.32 Å². The number of anilines is 1. The number of ketones is 1. The molecule has 1 aromatic carbocycles. The number of hydrogen-bond donors (Lipinski definition) is 1. The van der Waals surface area contributed by atoms with Crippen molar-refractivity contribution in [3.63, 3.8) is 0 Å². The third-order valence-corrected chi connectivity index (χ3v) is 5.29. The number of amides is 1. The maximum absolute atomic E-state index is 12.1. The van der Waals surface area contributed by atoms with E-state index in [-0.39, 0.29) is 11.5 Å². The van der Waals surface area contributed by atoms with Gasteiger partial charge in [0.1, 0.15) is 0 Å². The SMILES string of the molecule is CC(=O)c1ccc(NC(=O)[C@H](C)OC(=O)CSCc2cccs2)cc1. The van der Waals surface area contributed by atoms with Crippen LogP contribution in [0.25, 0.3) is 0 Å². The molecule has 2 rings (SSSR count). The zero-order valence-electron chi connectivity index (χ0n) is 14.0. The van der Waals surface area contributed by atoms with Crippen molar-refractivity contribution in [1.29, 1.82) is 0 Å². The fourth-order valence-electron chi connectivity index (χ4n) is 1.95. The van der Waals surface area contributed by atoms with E-state index in [0.717, 1.165) is 5.75 Å². The van der Waals surface area contributed by atoms with Crippen LogP contribution >= 0.6 is 23.1 Å². The molecule has 0 bridgehead atoms. The van der Waals surface area contributed by atoms with E-state index in [4.69, 9.17) is 4.74 Å². The lowest BCUT2D eigenvalue weighted by atomic mass is 10.1. The molecule has 1 heterocycles. The van der Waals surface area contributed by atoms with Crippen molar-refractivity contribution in [1.82, 2.24) is 0 Å². The molecule has 1 atom stereocenters. The number of rotatable bonds is 8. The number of thiophene rings is 1. The maximum atomic E-state index is 12.1. The highest BCUT2D eigenvalue weighted by atomic mass is 32.2. The summed E-state index contributed by atoms with van der Waals surface area (Å²) in [5, 5.41) is 4.65. The Bertz CT molecular complexity index is 726. The summed E-state index contributed by atoms with van der Waals surface area (Å²) in [4.78, 5) is 36.3. The Morgan fingerprint density at radius 2 is 1.92 bits per heavy atom. The van der Waals surface area contributed by atoms with Gasteiger partial charge in [0.2, 0.25) is 0 Å². The van der Waals surface area contributed by atoms with Crippen LogP contribution in [-0.2, 0) is 20.1 Å². The molecule has 25 heavy (non-hydrogen) atoms. The highest BCUT2D eigenvalue weighted by Crippen LogP contribution is 2.17. The van der Waals surface area contributed by atoms with Gasteiger partial charge < -0.3 is 10.1 Å². The lowest BCUT2D eigenvalue weighted by Gasteiger charge is -2.13. The van der Waals surface area contributed by atoms with E-state index in [1.165, 1.54) is 30.5 Å². The second-order valence-corrected chi connectivity index (χ2v) is 7.34. The molecule has 1 N–H and O–H groups in total. The molecule has 132 valence electrons. The second-order valence-electron chi connectivity index (χ2n) is 5.33. The summed E-state index contributed by atoms with van der Waals surface area (Å²) in [6.45, 7) is 3.01. The van der Waals surface area contributed by atoms with E-state index in [0.29, 0.717) is 11.3 Å². The molecule has 0 unspecified atom stereocenters. The van der Waals surface area contributed by atoms with Crippen LogP contribution in [0.4, 0.5) is 5.69 Å². The molecule has 1 aromatic heterocycles. The largest absolute Gasteiger partial charge is 0.452 e. The molecule has 1 amide bonds. The molecule has 0 saturated heterocycles.